The highest BCUT2D eigenvalue weighted by atomic mass is 16.7. The highest BCUT2D eigenvalue weighted by Crippen LogP contribution is 2.37. The summed E-state index contributed by atoms with van der Waals surface area (Å²) in [6.07, 6.45) is 0.714. The van der Waals surface area contributed by atoms with Gasteiger partial charge in [0, 0.05) is 0 Å². The molecule has 6 heteroatoms. The van der Waals surface area contributed by atoms with E-state index in [0.717, 1.165) is 5.46 Å². The molecule has 0 bridgehead atoms. The number of aldehydes is 1. The standard InChI is InChI=1S/C15H21BO5/c1-14(2)15(3,4)21-16(20-14)10-7-12(18-5)11(9-17)13(8-10)19-6/h7-9H,1-6H3. The smallest absolute Gasteiger partial charge is 0.495 e. The summed E-state index contributed by atoms with van der Waals surface area (Å²) in [5.74, 6) is 0.878. The molecule has 114 valence electrons. The van der Waals surface area contributed by atoms with Crippen LogP contribution < -0.4 is 14.9 Å². The predicted octanol–water partition coefficient (Wildman–Crippen LogP) is 1.82. The third-order valence-electron chi connectivity index (χ3n) is 4.21. The van der Waals surface area contributed by atoms with Gasteiger partial charge < -0.3 is 18.8 Å². The Morgan fingerprint density at radius 3 is 1.76 bits per heavy atom. The summed E-state index contributed by atoms with van der Waals surface area (Å²) >= 11 is 0. The van der Waals surface area contributed by atoms with Gasteiger partial charge >= 0.3 is 7.12 Å². The van der Waals surface area contributed by atoms with Gasteiger partial charge in [0.15, 0.2) is 6.29 Å². The third kappa shape index (κ3) is 2.65. The molecule has 2 rings (SSSR count). The van der Waals surface area contributed by atoms with Crippen molar-refractivity contribution in [3.05, 3.63) is 17.7 Å². The Balaban J connectivity index is 2.45. The fourth-order valence-corrected chi connectivity index (χ4v) is 2.19. The first kappa shape index (κ1) is 15.9. The molecule has 0 N–H and O–H groups in total. The number of rotatable bonds is 4. The monoisotopic (exact) mass is 292 g/mol. The first-order valence-electron chi connectivity index (χ1n) is 6.82. The highest BCUT2D eigenvalue weighted by molar-refractivity contribution is 6.62. The van der Waals surface area contributed by atoms with E-state index in [-0.39, 0.29) is 0 Å². The molecule has 5 nitrogen and oxygen atoms in total. The molecule has 0 aromatic heterocycles. The first-order chi connectivity index (χ1) is 9.75. The summed E-state index contributed by atoms with van der Waals surface area (Å²) in [5.41, 5.74) is 0.274. The van der Waals surface area contributed by atoms with Crippen LogP contribution in [-0.4, -0.2) is 38.8 Å². The second-order valence-electron chi connectivity index (χ2n) is 6.05. The van der Waals surface area contributed by atoms with E-state index >= 15 is 0 Å². The fraction of sp³-hybridized carbons (Fsp3) is 0.533. The second-order valence-corrected chi connectivity index (χ2v) is 6.05. The van der Waals surface area contributed by atoms with Crippen molar-refractivity contribution in [1.29, 1.82) is 0 Å². The molecule has 0 amide bonds. The molecule has 0 spiro atoms. The minimum absolute atomic E-state index is 0.375. The van der Waals surface area contributed by atoms with Crippen LogP contribution in [0.3, 0.4) is 0 Å². The summed E-state index contributed by atoms with van der Waals surface area (Å²) in [7, 11) is 2.49. The van der Waals surface area contributed by atoms with E-state index < -0.39 is 18.3 Å². The number of carbonyl (C=O) groups is 1. The van der Waals surface area contributed by atoms with Gasteiger partial charge in [-0.3, -0.25) is 4.79 Å². The normalized spacial score (nSPS) is 19.4. The maximum atomic E-state index is 11.2. The molecule has 0 saturated carbocycles. The molecule has 1 heterocycles. The van der Waals surface area contributed by atoms with Crippen LogP contribution in [0.1, 0.15) is 38.1 Å². The van der Waals surface area contributed by atoms with Crippen LogP contribution in [0.4, 0.5) is 0 Å². The number of ether oxygens (including phenoxy) is 2. The van der Waals surface area contributed by atoms with Crippen molar-refractivity contribution in [1.82, 2.24) is 0 Å². The van der Waals surface area contributed by atoms with Crippen molar-refractivity contribution in [2.24, 2.45) is 0 Å². The van der Waals surface area contributed by atoms with Gasteiger partial charge in [-0.2, -0.15) is 0 Å². The number of methoxy groups -OCH3 is 2. The molecular formula is C15H21BO5. The van der Waals surface area contributed by atoms with Gasteiger partial charge in [0.05, 0.1) is 31.0 Å². The maximum absolute atomic E-state index is 11.2. The number of hydrogen-bond acceptors (Lipinski definition) is 5. The van der Waals surface area contributed by atoms with Gasteiger partial charge in [-0.25, -0.2) is 0 Å². The molecule has 0 radical (unpaired) electrons. The van der Waals surface area contributed by atoms with E-state index in [9.17, 15) is 4.79 Å². The van der Waals surface area contributed by atoms with Crippen LogP contribution in [0, 0.1) is 0 Å². The molecule has 0 atom stereocenters. The zero-order valence-corrected chi connectivity index (χ0v) is 13.4. The summed E-state index contributed by atoms with van der Waals surface area (Å²) in [6, 6.07) is 3.49. The van der Waals surface area contributed by atoms with Crippen molar-refractivity contribution in [2.75, 3.05) is 14.2 Å². The topological polar surface area (TPSA) is 54.0 Å². The Bertz CT molecular complexity index is 512. The third-order valence-corrected chi connectivity index (χ3v) is 4.21. The van der Waals surface area contributed by atoms with Gasteiger partial charge in [0.2, 0.25) is 0 Å². The Kier molecular flexibility index (Phi) is 4.04. The van der Waals surface area contributed by atoms with Crippen molar-refractivity contribution < 1.29 is 23.6 Å². The van der Waals surface area contributed by atoms with Gasteiger partial charge in [0.25, 0.3) is 0 Å². The molecule has 1 aliphatic heterocycles. The van der Waals surface area contributed by atoms with Crippen LogP contribution in [0.25, 0.3) is 0 Å². The van der Waals surface area contributed by atoms with Crippen molar-refractivity contribution >= 4 is 18.9 Å². The van der Waals surface area contributed by atoms with Crippen molar-refractivity contribution in [2.45, 2.75) is 38.9 Å². The van der Waals surface area contributed by atoms with E-state index in [1.54, 1.807) is 12.1 Å². The molecule has 1 fully saturated rings. The first-order valence-corrected chi connectivity index (χ1v) is 6.82. The van der Waals surface area contributed by atoms with Gasteiger partial charge in [-0.15, -0.1) is 0 Å². The molecule has 1 aromatic carbocycles. The van der Waals surface area contributed by atoms with E-state index in [0.29, 0.717) is 23.3 Å². The molecule has 1 saturated heterocycles. The zero-order chi connectivity index (χ0) is 15.8. The van der Waals surface area contributed by atoms with E-state index in [4.69, 9.17) is 18.8 Å². The average Bonchev–Trinajstić information content (AvgIpc) is 2.65. The van der Waals surface area contributed by atoms with E-state index in [1.165, 1.54) is 14.2 Å². The lowest BCUT2D eigenvalue weighted by Gasteiger charge is -2.32. The van der Waals surface area contributed by atoms with Crippen molar-refractivity contribution in [3.63, 3.8) is 0 Å². The van der Waals surface area contributed by atoms with Crippen LogP contribution >= 0.6 is 0 Å². The fourth-order valence-electron chi connectivity index (χ4n) is 2.19. The second kappa shape index (κ2) is 5.35. The van der Waals surface area contributed by atoms with E-state index in [2.05, 4.69) is 0 Å². The van der Waals surface area contributed by atoms with Gasteiger partial charge in [-0.05, 0) is 45.3 Å². The highest BCUT2D eigenvalue weighted by Gasteiger charge is 2.52. The van der Waals surface area contributed by atoms with Gasteiger partial charge in [-0.1, -0.05) is 0 Å². The van der Waals surface area contributed by atoms with Gasteiger partial charge in [0.1, 0.15) is 11.5 Å². The molecule has 1 aliphatic rings. The molecule has 0 unspecified atom stereocenters. The molecular weight excluding hydrogens is 271 g/mol. The van der Waals surface area contributed by atoms with Crippen LogP contribution in [0.5, 0.6) is 11.5 Å². The Labute approximate surface area is 125 Å². The lowest BCUT2D eigenvalue weighted by Crippen LogP contribution is -2.41. The summed E-state index contributed by atoms with van der Waals surface area (Å²) in [5, 5.41) is 0. The van der Waals surface area contributed by atoms with Crippen LogP contribution in [0.2, 0.25) is 0 Å². The van der Waals surface area contributed by atoms with Crippen LogP contribution in [-0.2, 0) is 9.31 Å². The Morgan fingerprint density at radius 1 is 1.00 bits per heavy atom. The maximum Gasteiger partial charge on any atom is 0.495 e. The average molecular weight is 292 g/mol. The largest absolute Gasteiger partial charge is 0.496 e. The zero-order valence-electron chi connectivity index (χ0n) is 13.4. The summed E-state index contributed by atoms with van der Waals surface area (Å²) < 4.78 is 22.5. The minimum atomic E-state index is -0.529. The number of carbonyl (C=O) groups excluding carboxylic acids is 1. The lowest BCUT2D eigenvalue weighted by atomic mass is 9.78. The minimum Gasteiger partial charge on any atom is -0.496 e. The molecule has 1 aromatic rings. The van der Waals surface area contributed by atoms with Crippen LogP contribution in [0.15, 0.2) is 12.1 Å². The number of benzene rings is 1. The SMILES string of the molecule is COc1cc(B2OC(C)(C)C(C)(C)O2)cc(OC)c1C=O. The molecule has 0 aliphatic carbocycles. The molecule has 21 heavy (non-hydrogen) atoms. The lowest BCUT2D eigenvalue weighted by molar-refractivity contribution is 0.00578. The quantitative estimate of drug-likeness (QED) is 0.626. The number of hydrogen-bond donors (Lipinski definition) is 0. The summed E-state index contributed by atoms with van der Waals surface area (Å²) in [4.78, 5) is 11.2. The summed E-state index contributed by atoms with van der Waals surface area (Å²) in [6.45, 7) is 7.95. The Morgan fingerprint density at radius 2 is 1.43 bits per heavy atom. The van der Waals surface area contributed by atoms with E-state index in [1.807, 2.05) is 27.7 Å². The predicted molar refractivity (Wildman–Crippen MR) is 80.6 cm³/mol. The Hall–Kier alpha value is -1.53. The van der Waals surface area contributed by atoms with Crippen molar-refractivity contribution in [3.8, 4) is 11.5 Å².